The Morgan fingerprint density at radius 3 is 3.00 bits per heavy atom. The van der Waals surface area contributed by atoms with Crippen LogP contribution in [0.5, 0.6) is 0 Å². The number of aryl methyl sites for hydroxylation is 1. The Labute approximate surface area is 87.8 Å². The second-order valence-corrected chi connectivity index (χ2v) is 4.67. The Balaban J connectivity index is 2.48. The molecule has 74 valence electrons. The summed E-state index contributed by atoms with van der Waals surface area (Å²) in [5.74, 6) is 0. The molecule has 0 aliphatic heterocycles. The number of nitrogens with zero attached hydrogens (tertiary/aromatic N) is 1. The summed E-state index contributed by atoms with van der Waals surface area (Å²) in [7, 11) is 0. The lowest BCUT2D eigenvalue weighted by molar-refractivity contribution is 0.735. The summed E-state index contributed by atoms with van der Waals surface area (Å²) in [6.07, 6.45) is 0.930. The number of thiazole rings is 1. The molecule has 1 aromatic heterocycles. The second kappa shape index (κ2) is 3.67. The molecular formula is C11H14N2S. The highest BCUT2D eigenvalue weighted by atomic mass is 32.1. The van der Waals surface area contributed by atoms with Crippen LogP contribution in [0.1, 0.15) is 18.1 Å². The fraction of sp³-hybridized carbons (Fsp3) is 0.364. The van der Waals surface area contributed by atoms with Crippen molar-refractivity contribution < 1.29 is 0 Å². The topological polar surface area (TPSA) is 38.9 Å². The molecule has 0 aliphatic carbocycles. The highest BCUT2D eigenvalue weighted by Gasteiger charge is 2.05. The molecule has 2 N–H and O–H groups in total. The van der Waals surface area contributed by atoms with Gasteiger partial charge >= 0.3 is 0 Å². The van der Waals surface area contributed by atoms with E-state index < -0.39 is 0 Å². The second-order valence-electron chi connectivity index (χ2n) is 3.78. The highest BCUT2D eigenvalue weighted by Crippen LogP contribution is 2.22. The quantitative estimate of drug-likeness (QED) is 0.820. The Bertz CT molecular complexity index is 445. The van der Waals surface area contributed by atoms with Gasteiger partial charge in [-0.2, -0.15) is 0 Å². The summed E-state index contributed by atoms with van der Waals surface area (Å²) in [5, 5.41) is 0. The third-order valence-electron chi connectivity index (χ3n) is 2.33. The standard InChI is InChI=1S/C11H14N2S/c1-7-3-11-10(13-6-14-11)5-9(7)4-8(2)12/h3,5-6,8H,4,12H2,1-2H3. The van der Waals surface area contributed by atoms with Crippen molar-refractivity contribution >= 4 is 21.6 Å². The van der Waals surface area contributed by atoms with Crippen molar-refractivity contribution in [3.05, 3.63) is 28.8 Å². The van der Waals surface area contributed by atoms with E-state index in [1.165, 1.54) is 15.8 Å². The number of benzene rings is 1. The predicted molar refractivity (Wildman–Crippen MR) is 61.7 cm³/mol. The molecule has 3 heteroatoms. The van der Waals surface area contributed by atoms with Crippen LogP contribution in [-0.4, -0.2) is 11.0 Å². The molecule has 1 aromatic carbocycles. The summed E-state index contributed by atoms with van der Waals surface area (Å²) in [6.45, 7) is 4.17. The molecule has 2 aromatic rings. The molecule has 2 nitrogen and oxygen atoms in total. The summed E-state index contributed by atoms with van der Waals surface area (Å²) in [4.78, 5) is 4.31. The molecule has 0 spiro atoms. The zero-order valence-corrected chi connectivity index (χ0v) is 9.27. The van der Waals surface area contributed by atoms with Gasteiger partial charge in [0, 0.05) is 6.04 Å². The van der Waals surface area contributed by atoms with Crippen LogP contribution in [0.15, 0.2) is 17.6 Å². The molecule has 1 heterocycles. The lowest BCUT2D eigenvalue weighted by Gasteiger charge is -2.08. The lowest BCUT2D eigenvalue weighted by Crippen LogP contribution is -2.18. The van der Waals surface area contributed by atoms with Gasteiger partial charge in [-0.15, -0.1) is 11.3 Å². The van der Waals surface area contributed by atoms with E-state index in [9.17, 15) is 0 Å². The Hall–Kier alpha value is -0.930. The van der Waals surface area contributed by atoms with Crippen LogP contribution < -0.4 is 5.73 Å². The van der Waals surface area contributed by atoms with E-state index in [0.29, 0.717) is 0 Å². The molecule has 0 amide bonds. The molecular weight excluding hydrogens is 192 g/mol. The van der Waals surface area contributed by atoms with E-state index in [-0.39, 0.29) is 6.04 Å². The predicted octanol–water partition coefficient (Wildman–Crippen LogP) is 2.49. The number of nitrogens with two attached hydrogens (primary N) is 1. The molecule has 0 bridgehead atoms. The molecule has 0 fully saturated rings. The molecule has 2 rings (SSSR count). The molecule has 0 aliphatic rings. The average Bonchev–Trinajstić information content (AvgIpc) is 2.51. The summed E-state index contributed by atoms with van der Waals surface area (Å²) >= 11 is 1.69. The van der Waals surface area contributed by atoms with E-state index in [0.717, 1.165) is 11.9 Å². The van der Waals surface area contributed by atoms with Crippen LogP contribution in [-0.2, 0) is 6.42 Å². The van der Waals surface area contributed by atoms with Gasteiger partial charge in [-0.05, 0) is 43.5 Å². The number of fused-ring (bicyclic) bond motifs is 1. The maximum absolute atomic E-state index is 5.79. The van der Waals surface area contributed by atoms with Gasteiger partial charge in [0.1, 0.15) is 0 Å². The van der Waals surface area contributed by atoms with Gasteiger partial charge in [0.05, 0.1) is 15.7 Å². The maximum Gasteiger partial charge on any atom is 0.0814 e. The third kappa shape index (κ3) is 1.79. The third-order valence-corrected chi connectivity index (χ3v) is 3.12. The van der Waals surface area contributed by atoms with E-state index in [4.69, 9.17) is 5.73 Å². The van der Waals surface area contributed by atoms with Crippen LogP contribution in [0.25, 0.3) is 10.2 Å². The molecule has 1 unspecified atom stereocenters. The minimum Gasteiger partial charge on any atom is -0.328 e. The number of hydrogen-bond donors (Lipinski definition) is 1. The summed E-state index contributed by atoms with van der Waals surface area (Å²) < 4.78 is 1.26. The first-order chi connectivity index (χ1) is 6.66. The zero-order chi connectivity index (χ0) is 10.1. The fourth-order valence-electron chi connectivity index (χ4n) is 1.62. The van der Waals surface area contributed by atoms with Gasteiger partial charge in [-0.25, -0.2) is 4.98 Å². The first-order valence-electron chi connectivity index (χ1n) is 4.75. The lowest BCUT2D eigenvalue weighted by atomic mass is 10.0. The van der Waals surface area contributed by atoms with Crippen molar-refractivity contribution in [2.75, 3.05) is 0 Å². The van der Waals surface area contributed by atoms with Gasteiger partial charge in [-0.3, -0.25) is 0 Å². The Morgan fingerprint density at radius 2 is 2.29 bits per heavy atom. The molecule has 14 heavy (non-hydrogen) atoms. The largest absolute Gasteiger partial charge is 0.328 e. The number of rotatable bonds is 2. The van der Waals surface area contributed by atoms with E-state index in [1.54, 1.807) is 11.3 Å². The van der Waals surface area contributed by atoms with Crippen LogP contribution >= 0.6 is 11.3 Å². The average molecular weight is 206 g/mol. The van der Waals surface area contributed by atoms with Crippen molar-refractivity contribution in [1.29, 1.82) is 0 Å². The fourth-order valence-corrected chi connectivity index (χ4v) is 2.37. The number of aromatic nitrogens is 1. The van der Waals surface area contributed by atoms with Crippen molar-refractivity contribution in [3.63, 3.8) is 0 Å². The molecule has 0 saturated carbocycles. The van der Waals surface area contributed by atoms with Crippen LogP contribution in [0.2, 0.25) is 0 Å². The molecule has 0 saturated heterocycles. The minimum atomic E-state index is 0.213. The Morgan fingerprint density at radius 1 is 1.50 bits per heavy atom. The van der Waals surface area contributed by atoms with Gasteiger partial charge in [-0.1, -0.05) is 0 Å². The van der Waals surface area contributed by atoms with E-state index >= 15 is 0 Å². The molecule has 0 radical (unpaired) electrons. The van der Waals surface area contributed by atoms with Crippen molar-refractivity contribution in [3.8, 4) is 0 Å². The maximum atomic E-state index is 5.79. The minimum absolute atomic E-state index is 0.213. The molecule has 1 atom stereocenters. The SMILES string of the molecule is Cc1cc2scnc2cc1CC(C)N. The van der Waals surface area contributed by atoms with Crippen LogP contribution in [0.4, 0.5) is 0 Å². The monoisotopic (exact) mass is 206 g/mol. The van der Waals surface area contributed by atoms with Gasteiger partial charge < -0.3 is 5.73 Å². The van der Waals surface area contributed by atoms with E-state index in [1.807, 2.05) is 12.4 Å². The number of hydrogen-bond acceptors (Lipinski definition) is 3. The van der Waals surface area contributed by atoms with Crippen molar-refractivity contribution in [2.24, 2.45) is 5.73 Å². The van der Waals surface area contributed by atoms with E-state index in [2.05, 4.69) is 24.0 Å². The highest BCUT2D eigenvalue weighted by molar-refractivity contribution is 7.16. The normalized spacial score (nSPS) is 13.4. The van der Waals surface area contributed by atoms with Crippen molar-refractivity contribution in [1.82, 2.24) is 4.98 Å². The smallest absolute Gasteiger partial charge is 0.0814 e. The summed E-state index contributed by atoms with van der Waals surface area (Å²) in [6, 6.07) is 4.57. The first kappa shape index (κ1) is 9.62. The summed E-state index contributed by atoms with van der Waals surface area (Å²) in [5.41, 5.74) is 11.4. The van der Waals surface area contributed by atoms with Gasteiger partial charge in [0.15, 0.2) is 0 Å². The van der Waals surface area contributed by atoms with Crippen molar-refractivity contribution in [2.45, 2.75) is 26.3 Å². The zero-order valence-electron chi connectivity index (χ0n) is 8.45. The van der Waals surface area contributed by atoms with Gasteiger partial charge in [0.2, 0.25) is 0 Å². The van der Waals surface area contributed by atoms with Crippen LogP contribution in [0, 0.1) is 6.92 Å². The van der Waals surface area contributed by atoms with Crippen LogP contribution in [0.3, 0.4) is 0 Å². The first-order valence-corrected chi connectivity index (χ1v) is 5.63. The van der Waals surface area contributed by atoms with Gasteiger partial charge in [0.25, 0.3) is 0 Å². The Kier molecular flexibility index (Phi) is 2.52.